The molecule has 0 fully saturated rings. The molecule has 659 valence electrons. The van der Waals surface area contributed by atoms with Crippen LogP contribution in [0.1, 0.15) is 101 Å². The average molecular weight is 1880 g/mol. The molecule has 0 aliphatic rings. The molecular weight excluding hydrogens is 1810 g/mol. The number of carboxylic acid groups (broad SMARTS) is 4. The van der Waals surface area contributed by atoms with E-state index in [9.17, 15) is 101 Å². The summed E-state index contributed by atoms with van der Waals surface area (Å²) in [4.78, 5) is 113. The van der Waals surface area contributed by atoms with Crippen LogP contribution in [-0.4, -0.2) is 122 Å². The van der Waals surface area contributed by atoms with Gasteiger partial charge < -0.3 is 39.4 Å². The number of hydrogen-bond donors (Lipinski definition) is 4. The van der Waals surface area contributed by atoms with Gasteiger partial charge in [0.1, 0.15) is 79.3 Å². The van der Waals surface area contributed by atoms with Gasteiger partial charge in [0.05, 0.1) is 55.8 Å². The molecule has 1 unspecified atom stereocenters. The number of ether oxygens (including phenoxy) is 4. The van der Waals surface area contributed by atoms with Crippen LogP contribution in [-0.2, 0) is 47.1 Å². The van der Waals surface area contributed by atoms with Crippen molar-refractivity contribution in [3.05, 3.63) is 327 Å². The topological polar surface area (TPSA) is 377 Å². The van der Waals surface area contributed by atoms with Gasteiger partial charge in [-0.15, -0.1) is 12.8 Å². The summed E-state index contributed by atoms with van der Waals surface area (Å²) in [6, 6.07) is 28.2. The Morgan fingerprint density at radius 2 is 0.722 bits per heavy atom. The highest BCUT2D eigenvalue weighted by Gasteiger charge is 2.29. The van der Waals surface area contributed by atoms with Crippen LogP contribution in [0.25, 0.3) is 22.7 Å². The highest BCUT2D eigenvalue weighted by atomic mass is 35.5. The quantitative estimate of drug-likeness (QED) is 0.0152. The van der Waals surface area contributed by atoms with Gasteiger partial charge in [-0.25, -0.2) is 72.3 Å². The molecule has 0 saturated carbocycles. The lowest BCUT2D eigenvalue weighted by atomic mass is 10.1. The van der Waals surface area contributed by atoms with Crippen LogP contribution in [0.15, 0.2) is 187 Å². The number of terminal acetylenes is 1. The predicted molar refractivity (Wildman–Crippen MR) is 455 cm³/mol. The van der Waals surface area contributed by atoms with E-state index in [0.717, 1.165) is 75.9 Å². The van der Waals surface area contributed by atoms with Gasteiger partial charge in [0.2, 0.25) is 43.7 Å². The molecule has 4 N–H and O–H groups in total. The molecule has 4 aromatic heterocycles. The zero-order valence-electron chi connectivity index (χ0n) is 64.7. The number of carbonyl (C=O) groups is 4. The second kappa shape index (κ2) is 45.1. The Labute approximate surface area is 740 Å². The molecule has 0 spiro atoms. The Kier molecular flexibility index (Phi) is 37.1. The average Bonchev–Trinajstić information content (AvgIpc) is 0.776. The maximum atomic E-state index is 13.9. The van der Waals surface area contributed by atoms with Crippen LogP contribution in [0, 0.1) is 87.1 Å². The van der Waals surface area contributed by atoms with E-state index in [4.69, 9.17) is 70.5 Å². The molecule has 1 atom stereocenters. The number of aromatic nitrogens is 8. The molecule has 0 saturated heterocycles. The molecule has 126 heavy (non-hydrogen) atoms. The summed E-state index contributed by atoms with van der Waals surface area (Å²) in [5.41, 5.74) is -0.638. The number of thioether (sulfide) groups is 1. The summed E-state index contributed by atoms with van der Waals surface area (Å²) >= 11 is 25.5. The van der Waals surface area contributed by atoms with Crippen LogP contribution >= 0.6 is 58.2 Å². The first kappa shape index (κ1) is 104. The third-order valence-corrected chi connectivity index (χ3v) is 20.5. The number of aryl methyl sites for hydroxylation is 4. The first-order chi connectivity index (χ1) is 58.0. The van der Waals surface area contributed by atoms with Crippen LogP contribution in [0.4, 0.5) is 35.1 Å². The van der Waals surface area contributed by atoms with Gasteiger partial charge in [0.25, 0.3) is 22.2 Å². The Bertz CT molecular complexity index is 6630. The van der Waals surface area contributed by atoms with E-state index < -0.39 is 148 Å². The smallest absolute Gasteiger partial charge is 0.335 e. The second-order valence-corrected chi connectivity index (χ2v) is 30.7. The van der Waals surface area contributed by atoms with Crippen molar-refractivity contribution in [1.82, 2.24) is 38.2 Å². The van der Waals surface area contributed by atoms with Gasteiger partial charge in [0.15, 0.2) is 25.2 Å². The molecule has 12 rings (SSSR count). The van der Waals surface area contributed by atoms with E-state index in [2.05, 4.69) is 32.8 Å². The SMILES string of the molecule is C.C.C#C.CSc1nc(OCc2ccc(F)cc2F)c(Cl)c(=O)n1-c1cc(C(=O)O)ccc1C.Cc1ccc(C(=O)O)cc1-n1c(S(C)(=O)=O)nc(OCc2ccc(F)cc2F)c(Cl)c1=O.Cc1ccc(C(=O)O)cc1-n1c(S(C)=O)nc(OCc2ccc(F)cc2F)c(Cl)c1=O.Cc1ccc(C(=O)O)cc1-n1cnc(OCc2ccc(F)cc2F)c(Cl)c1=O.[B]. The molecule has 0 bridgehead atoms. The maximum Gasteiger partial charge on any atom is 0.335 e. The van der Waals surface area contributed by atoms with E-state index in [1.165, 1.54) is 90.5 Å². The molecule has 4 heterocycles. The first-order valence-corrected chi connectivity index (χ1v) is 40.5. The van der Waals surface area contributed by atoms with E-state index in [0.29, 0.717) is 56.4 Å². The largest absolute Gasteiger partial charge is 0.478 e. The summed E-state index contributed by atoms with van der Waals surface area (Å²) in [5, 5.41) is 34.3. The normalized spacial score (nSPS) is 10.8. The lowest BCUT2D eigenvalue weighted by Gasteiger charge is -2.16. The molecule has 12 aromatic rings. The fraction of sp³-hybridized carbons (Fsp3) is 0.157. The number of sulfone groups is 1. The van der Waals surface area contributed by atoms with Gasteiger partial charge in [-0.3, -0.25) is 37.1 Å². The lowest BCUT2D eigenvalue weighted by molar-refractivity contribution is 0.0686. The number of aromatic carboxylic acids is 4. The number of rotatable bonds is 23. The molecule has 27 nitrogen and oxygen atoms in total. The minimum atomic E-state index is -4.15. The second-order valence-electron chi connectivity index (χ2n) is 25.3. The minimum Gasteiger partial charge on any atom is -0.478 e. The van der Waals surface area contributed by atoms with Crippen LogP contribution < -0.4 is 41.2 Å². The van der Waals surface area contributed by atoms with Gasteiger partial charge in [-0.05, 0) is 153 Å². The fourth-order valence-corrected chi connectivity index (χ4v) is 13.4. The molecule has 0 amide bonds. The molecule has 3 radical (unpaired) electrons. The predicted octanol–water partition coefficient (Wildman–Crippen LogP) is 16.0. The van der Waals surface area contributed by atoms with Crippen molar-refractivity contribution in [2.75, 3.05) is 18.8 Å². The van der Waals surface area contributed by atoms with E-state index in [-0.39, 0.29) is 130 Å². The Morgan fingerprint density at radius 3 is 1.05 bits per heavy atom. The van der Waals surface area contributed by atoms with Crippen molar-refractivity contribution in [1.29, 1.82) is 0 Å². The zero-order valence-corrected chi connectivity index (χ0v) is 70.2. The molecule has 0 aliphatic carbocycles. The van der Waals surface area contributed by atoms with Crippen molar-refractivity contribution in [3.8, 4) is 59.1 Å². The Hall–Kier alpha value is -13.0. The monoisotopic (exact) mass is 1880 g/mol. The molecule has 43 heteroatoms. The van der Waals surface area contributed by atoms with Crippen LogP contribution in [0.3, 0.4) is 0 Å². The van der Waals surface area contributed by atoms with Crippen molar-refractivity contribution in [2.45, 2.75) is 84.4 Å². The summed E-state index contributed by atoms with van der Waals surface area (Å²) < 4.78 is 170. The van der Waals surface area contributed by atoms with Gasteiger partial charge >= 0.3 is 23.9 Å². The van der Waals surface area contributed by atoms with Crippen molar-refractivity contribution in [3.63, 3.8) is 0 Å². The first-order valence-electron chi connectivity index (χ1n) is 34.3. The zero-order chi connectivity index (χ0) is 91.1. The van der Waals surface area contributed by atoms with Crippen LogP contribution in [0.5, 0.6) is 23.5 Å². The molecule has 0 aliphatic heterocycles. The van der Waals surface area contributed by atoms with Gasteiger partial charge in [0, 0.05) is 67.4 Å². The van der Waals surface area contributed by atoms with Gasteiger partial charge in [-0.2, -0.15) is 15.0 Å². The highest BCUT2D eigenvalue weighted by molar-refractivity contribution is 7.98. The van der Waals surface area contributed by atoms with Crippen molar-refractivity contribution in [2.24, 2.45) is 0 Å². The number of halogens is 12. The van der Waals surface area contributed by atoms with E-state index in [1.807, 2.05) is 0 Å². The summed E-state index contributed by atoms with van der Waals surface area (Å²) in [6.45, 7) is 5.03. The van der Waals surface area contributed by atoms with E-state index in [1.54, 1.807) is 39.2 Å². The molecular formula is C83H68BCl4F8N8O19S3. The van der Waals surface area contributed by atoms with Crippen LogP contribution in [0.2, 0.25) is 20.1 Å². The third-order valence-electron chi connectivity index (χ3n) is 16.9. The summed E-state index contributed by atoms with van der Waals surface area (Å²) in [5.74, 6) is -12.6. The third kappa shape index (κ3) is 25.0. The highest BCUT2D eigenvalue weighted by Crippen LogP contribution is 2.32. The Morgan fingerprint density at radius 1 is 0.437 bits per heavy atom. The Balaban J connectivity index is 0.000000294. The fourth-order valence-electron chi connectivity index (χ4n) is 10.7. The van der Waals surface area contributed by atoms with E-state index >= 15 is 0 Å². The number of nitrogens with zero attached hydrogens (tertiary/aromatic N) is 8. The summed E-state index contributed by atoms with van der Waals surface area (Å²) in [7, 11) is -5.96. The van der Waals surface area contributed by atoms with Crippen molar-refractivity contribution >= 4 is 111 Å². The number of benzene rings is 8. The standard InChI is InChI=1S/C20H15ClF2N2O6S.C20H15ClF2N2O5S.C20H15ClF2N2O4S.C19H13ClF2N2O4.C2H2.2CH4.B/c1-10-3-4-11(19(27)28)7-15(10)25-18(26)16(21)17(24-20(25)32(2,29)30)31-9-12-5-6-13(22)8-14(12)23;1-10-3-4-11(19(27)28)7-15(10)25-18(26)16(21)17(24-20(25)31(2)29)30-9-12-5-6-13(22)8-14(12)23;1-10-3-4-11(19(27)28)7-15(10)25-18(26)16(21)17(24-20(25)30-2)29-9-12-5-6-13(22)8-14(12)23;1-10-2-3-11(19(26)27)6-15(10)24-9-23-17(16(20)18(24)25)28-8-12-4-5-13(21)7-14(12)22;1-2;;;/h3-8H,9H2,1-2H3,(H,27,28);3-8H,9H2,1-2H3,(H,27,28);3-8H,9H2,1-2H3,(H,27,28);2-7,9H,8H2,1H3,(H,26,27);1-2H;2*1H4;. The molecule has 8 aromatic carbocycles. The minimum absolute atomic E-state index is 0. The number of carboxylic acids is 4. The van der Waals surface area contributed by atoms with Crippen molar-refractivity contribution < 1.29 is 106 Å². The number of hydrogen-bond acceptors (Lipinski definition) is 20. The van der Waals surface area contributed by atoms with Gasteiger partial charge in [-0.1, -0.05) is 97.3 Å². The summed E-state index contributed by atoms with van der Waals surface area (Å²) in [6.07, 6.45) is 12.9. The lowest BCUT2D eigenvalue weighted by Crippen LogP contribution is -2.27. The maximum absolute atomic E-state index is 13.9.